The number of rotatable bonds is 6. The lowest BCUT2D eigenvalue weighted by Gasteiger charge is -2.26. The van der Waals surface area contributed by atoms with Crippen molar-refractivity contribution in [2.24, 2.45) is 5.92 Å². The number of hydrogen-bond acceptors (Lipinski definition) is 3. The van der Waals surface area contributed by atoms with E-state index in [9.17, 15) is 9.90 Å². The molecule has 13 heavy (non-hydrogen) atoms. The van der Waals surface area contributed by atoms with Crippen molar-refractivity contribution in [3.05, 3.63) is 0 Å². The molecular weight excluding hydrogens is 172 g/mol. The predicted molar refractivity (Wildman–Crippen MR) is 46.4 cm³/mol. The monoisotopic (exact) mass is 188 g/mol. The van der Waals surface area contributed by atoms with Gasteiger partial charge in [0.2, 0.25) is 0 Å². The van der Waals surface area contributed by atoms with Gasteiger partial charge >= 0.3 is 5.97 Å². The van der Waals surface area contributed by atoms with Crippen molar-refractivity contribution in [2.45, 2.75) is 31.3 Å². The molecule has 0 aromatic heterocycles. The van der Waals surface area contributed by atoms with Crippen LogP contribution in [0.25, 0.3) is 0 Å². The van der Waals surface area contributed by atoms with Crippen molar-refractivity contribution in [3.8, 4) is 0 Å². The van der Waals surface area contributed by atoms with Crippen molar-refractivity contribution in [3.63, 3.8) is 0 Å². The molecule has 0 aromatic rings. The molecular formula is C9H16O4. The van der Waals surface area contributed by atoms with Gasteiger partial charge in [0.25, 0.3) is 0 Å². The van der Waals surface area contributed by atoms with Gasteiger partial charge in [0.15, 0.2) is 0 Å². The summed E-state index contributed by atoms with van der Waals surface area (Å²) < 4.78 is 4.90. The van der Waals surface area contributed by atoms with Crippen LogP contribution in [0.3, 0.4) is 0 Å². The number of carboxylic acid groups (broad SMARTS) is 1. The van der Waals surface area contributed by atoms with E-state index in [0.29, 0.717) is 6.42 Å². The highest BCUT2D eigenvalue weighted by Gasteiger charge is 2.43. The molecule has 1 aliphatic rings. The summed E-state index contributed by atoms with van der Waals surface area (Å²) in [5, 5.41) is 18.5. The number of aliphatic carboxylic acids is 1. The Bertz CT molecular complexity index is 188. The molecule has 0 amide bonds. The fourth-order valence-electron chi connectivity index (χ4n) is 1.59. The average Bonchev–Trinajstić information content (AvgIpc) is 2.83. The van der Waals surface area contributed by atoms with Crippen molar-refractivity contribution in [2.75, 3.05) is 13.7 Å². The Morgan fingerprint density at radius 1 is 1.62 bits per heavy atom. The minimum absolute atomic E-state index is 0.0103. The van der Waals surface area contributed by atoms with Crippen LogP contribution in [-0.2, 0) is 9.53 Å². The Kier molecular flexibility index (Phi) is 3.27. The molecule has 0 radical (unpaired) electrons. The first-order chi connectivity index (χ1) is 6.08. The first-order valence-electron chi connectivity index (χ1n) is 4.51. The third kappa shape index (κ3) is 2.97. The Morgan fingerprint density at radius 3 is 2.62 bits per heavy atom. The van der Waals surface area contributed by atoms with Gasteiger partial charge in [-0.05, 0) is 25.2 Å². The van der Waals surface area contributed by atoms with Crippen LogP contribution >= 0.6 is 0 Å². The van der Waals surface area contributed by atoms with Crippen molar-refractivity contribution >= 4 is 5.97 Å². The SMILES string of the molecule is COCC(O)(CCC(=O)O)C1CC1. The predicted octanol–water partition coefficient (Wildman–Crippen LogP) is 0.639. The lowest BCUT2D eigenvalue weighted by Crippen LogP contribution is -2.37. The second-order valence-electron chi connectivity index (χ2n) is 3.70. The molecule has 1 fully saturated rings. The van der Waals surface area contributed by atoms with Crippen molar-refractivity contribution < 1.29 is 19.7 Å². The maximum absolute atomic E-state index is 10.3. The van der Waals surface area contributed by atoms with Crippen LogP contribution in [0.1, 0.15) is 25.7 Å². The molecule has 0 aliphatic heterocycles. The molecule has 0 bridgehead atoms. The Morgan fingerprint density at radius 2 is 2.23 bits per heavy atom. The summed E-state index contributed by atoms with van der Waals surface area (Å²) in [4.78, 5) is 10.3. The number of hydrogen-bond donors (Lipinski definition) is 2. The quantitative estimate of drug-likeness (QED) is 0.642. The topological polar surface area (TPSA) is 66.8 Å². The smallest absolute Gasteiger partial charge is 0.303 e. The number of carboxylic acids is 1. The summed E-state index contributed by atoms with van der Waals surface area (Å²) in [6.07, 6.45) is 2.27. The third-order valence-corrected chi connectivity index (χ3v) is 2.50. The summed E-state index contributed by atoms with van der Waals surface area (Å²) in [7, 11) is 1.52. The van der Waals surface area contributed by atoms with Crippen LogP contribution < -0.4 is 0 Å². The van der Waals surface area contributed by atoms with Crippen LogP contribution in [0.5, 0.6) is 0 Å². The van der Waals surface area contributed by atoms with Gasteiger partial charge in [0.05, 0.1) is 12.2 Å². The third-order valence-electron chi connectivity index (χ3n) is 2.50. The Hall–Kier alpha value is -0.610. The zero-order chi connectivity index (χ0) is 9.90. The van der Waals surface area contributed by atoms with E-state index in [0.717, 1.165) is 12.8 Å². The van der Waals surface area contributed by atoms with Gasteiger partial charge in [-0.25, -0.2) is 0 Å². The number of carbonyl (C=O) groups is 1. The van der Waals surface area contributed by atoms with Crippen molar-refractivity contribution in [1.82, 2.24) is 0 Å². The number of methoxy groups -OCH3 is 1. The van der Waals surface area contributed by atoms with E-state index in [1.54, 1.807) is 0 Å². The highest BCUT2D eigenvalue weighted by Crippen LogP contribution is 2.42. The van der Waals surface area contributed by atoms with Gasteiger partial charge in [0, 0.05) is 13.5 Å². The summed E-state index contributed by atoms with van der Waals surface area (Å²) >= 11 is 0. The molecule has 2 N–H and O–H groups in total. The van der Waals surface area contributed by atoms with Crippen LogP contribution in [0, 0.1) is 5.92 Å². The van der Waals surface area contributed by atoms with Crippen LogP contribution in [0.4, 0.5) is 0 Å². The summed E-state index contributed by atoms with van der Waals surface area (Å²) in [5.74, 6) is -0.623. The first-order valence-corrected chi connectivity index (χ1v) is 4.51. The van der Waals surface area contributed by atoms with Crippen LogP contribution in [-0.4, -0.2) is 35.5 Å². The summed E-state index contributed by atoms with van der Waals surface area (Å²) in [6, 6.07) is 0. The molecule has 1 unspecified atom stereocenters. The molecule has 1 atom stereocenters. The fraction of sp³-hybridized carbons (Fsp3) is 0.889. The highest BCUT2D eigenvalue weighted by molar-refractivity contribution is 5.66. The maximum Gasteiger partial charge on any atom is 0.303 e. The van der Waals surface area contributed by atoms with Gasteiger partial charge in [-0.15, -0.1) is 0 Å². The first kappa shape index (κ1) is 10.5. The lowest BCUT2D eigenvalue weighted by molar-refractivity contribution is -0.139. The summed E-state index contributed by atoms with van der Waals surface area (Å²) in [6.45, 7) is 0.241. The number of aliphatic hydroxyl groups is 1. The normalized spacial score (nSPS) is 21.1. The maximum atomic E-state index is 10.3. The largest absolute Gasteiger partial charge is 0.481 e. The summed E-state index contributed by atoms with van der Waals surface area (Å²) in [5.41, 5.74) is -0.910. The Balaban J connectivity index is 2.40. The van der Waals surface area contributed by atoms with Gasteiger partial charge in [-0.3, -0.25) is 4.79 Å². The van der Waals surface area contributed by atoms with Gasteiger partial charge in [0.1, 0.15) is 0 Å². The molecule has 0 heterocycles. The Labute approximate surface area is 77.5 Å². The van der Waals surface area contributed by atoms with E-state index in [1.165, 1.54) is 7.11 Å². The zero-order valence-corrected chi connectivity index (χ0v) is 7.82. The molecule has 4 heteroatoms. The molecule has 1 aliphatic carbocycles. The minimum atomic E-state index is -0.910. The van der Waals surface area contributed by atoms with Crippen LogP contribution in [0.2, 0.25) is 0 Å². The molecule has 0 aromatic carbocycles. The van der Waals surface area contributed by atoms with Crippen molar-refractivity contribution in [1.29, 1.82) is 0 Å². The molecule has 0 saturated heterocycles. The fourth-order valence-corrected chi connectivity index (χ4v) is 1.59. The minimum Gasteiger partial charge on any atom is -0.481 e. The van der Waals surface area contributed by atoms with Crippen LogP contribution in [0.15, 0.2) is 0 Å². The van der Waals surface area contributed by atoms with E-state index in [4.69, 9.17) is 9.84 Å². The lowest BCUT2D eigenvalue weighted by atomic mass is 9.93. The van der Waals surface area contributed by atoms with E-state index in [1.807, 2.05) is 0 Å². The average molecular weight is 188 g/mol. The molecule has 4 nitrogen and oxygen atoms in total. The van der Waals surface area contributed by atoms with E-state index < -0.39 is 11.6 Å². The second kappa shape index (κ2) is 4.07. The van der Waals surface area contributed by atoms with Gasteiger partial charge < -0.3 is 14.9 Å². The molecule has 1 saturated carbocycles. The highest BCUT2D eigenvalue weighted by atomic mass is 16.5. The zero-order valence-electron chi connectivity index (χ0n) is 7.82. The second-order valence-corrected chi connectivity index (χ2v) is 3.70. The van der Waals surface area contributed by atoms with Gasteiger partial charge in [-0.2, -0.15) is 0 Å². The van der Waals surface area contributed by atoms with E-state index in [-0.39, 0.29) is 18.9 Å². The molecule has 0 spiro atoms. The van der Waals surface area contributed by atoms with Gasteiger partial charge in [-0.1, -0.05) is 0 Å². The van der Waals surface area contributed by atoms with E-state index >= 15 is 0 Å². The number of ether oxygens (including phenoxy) is 1. The molecule has 76 valence electrons. The standard InChI is InChI=1S/C9H16O4/c1-13-6-9(12,7-2-3-7)5-4-8(10)11/h7,12H,2-6H2,1H3,(H,10,11). The molecule has 1 rings (SSSR count). The van der Waals surface area contributed by atoms with E-state index in [2.05, 4.69) is 0 Å².